The summed E-state index contributed by atoms with van der Waals surface area (Å²) in [6, 6.07) is 11.1. The number of carbonyl (C=O) groups is 1. The monoisotopic (exact) mass is 430 g/mol. The molecule has 0 heterocycles. The van der Waals surface area contributed by atoms with Crippen molar-refractivity contribution in [3.8, 4) is 0 Å². The summed E-state index contributed by atoms with van der Waals surface area (Å²) in [4.78, 5) is 12.0. The van der Waals surface area contributed by atoms with E-state index in [4.69, 9.17) is 11.6 Å². The first-order valence-corrected chi connectivity index (χ1v) is 8.17. The van der Waals surface area contributed by atoms with Crippen LogP contribution in [0.3, 0.4) is 0 Å². The lowest BCUT2D eigenvalue weighted by atomic mass is 10.2. The lowest BCUT2D eigenvalue weighted by Crippen LogP contribution is -2.22. The van der Waals surface area contributed by atoms with Gasteiger partial charge in [-0.3, -0.25) is 4.79 Å². The minimum atomic E-state index is -0.129. The van der Waals surface area contributed by atoms with Gasteiger partial charge >= 0.3 is 0 Å². The molecule has 0 saturated carbocycles. The van der Waals surface area contributed by atoms with E-state index in [1.165, 1.54) is 0 Å². The Morgan fingerprint density at radius 2 is 1.90 bits per heavy atom. The molecule has 2 aromatic rings. The second-order valence-corrected chi connectivity index (χ2v) is 6.69. The number of aryl methyl sites for hydroxylation is 1. The van der Waals surface area contributed by atoms with E-state index in [1.807, 2.05) is 31.2 Å². The molecule has 1 amide bonds. The maximum atomic E-state index is 12.0. The molecule has 2 aromatic carbocycles. The smallest absolute Gasteiger partial charge is 0.243 e. The quantitative estimate of drug-likeness (QED) is 0.695. The number of anilines is 2. The summed E-state index contributed by atoms with van der Waals surface area (Å²) in [7, 11) is 0. The summed E-state index contributed by atoms with van der Waals surface area (Å²) in [6.07, 6.45) is 0. The number of benzene rings is 2. The molecule has 110 valence electrons. The van der Waals surface area contributed by atoms with Crippen molar-refractivity contribution in [1.29, 1.82) is 0 Å². The maximum absolute atomic E-state index is 12.0. The topological polar surface area (TPSA) is 41.1 Å². The normalized spacial score (nSPS) is 10.3. The van der Waals surface area contributed by atoms with Crippen LogP contribution in [0.2, 0.25) is 5.02 Å². The molecule has 0 saturated heterocycles. The van der Waals surface area contributed by atoms with E-state index in [0.717, 1.165) is 25.9 Å². The van der Waals surface area contributed by atoms with Crippen molar-refractivity contribution in [2.45, 2.75) is 6.92 Å². The van der Waals surface area contributed by atoms with Crippen molar-refractivity contribution in [2.75, 3.05) is 17.2 Å². The predicted molar refractivity (Wildman–Crippen MR) is 95.2 cm³/mol. The largest absolute Gasteiger partial charge is 0.375 e. The second kappa shape index (κ2) is 7.29. The van der Waals surface area contributed by atoms with Crippen LogP contribution < -0.4 is 10.6 Å². The third kappa shape index (κ3) is 4.73. The Morgan fingerprint density at radius 1 is 1.14 bits per heavy atom. The molecule has 0 aliphatic rings. The summed E-state index contributed by atoms with van der Waals surface area (Å²) in [5.74, 6) is -0.129. The molecule has 0 spiro atoms. The lowest BCUT2D eigenvalue weighted by molar-refractivity contribution is -0.114. The molecule has 0 radical (unpaired) electrons. The summed E-state index contributed by atoms with van der Waals surface area (Å²) >= 11 is 12.8. The van der Waals surface area contributed by atoms with Gasteiger partial charge in [-0.25, -0.2) is 0 Å². The zero-order valence-corrected chi connectivity index (χ0v) is 15.1. The van der Waals surface area contributed by atoms with Crippen LogP contribution in [0.15, 0.2) is 45.3 Å². The molecule has 2 rings (SSSR count). The van der Waals surface area contributed by atoms with Gasteiger partial charge < -0.3 is 10.6 Å². The first-order chi connectivity index (χ1) is 9.95. The van der Waals surface area contributed by atoms with Gasteiger partial charge in [-0.1, -0.05) is 33.6 Å². The number of hydrogen-bond acceptors (Lipinski definition) is 2. The van der Waals surface area contributed by atoms with Crippen LogP contribution in [0, 0.1) is 6.92 Å². The van der Waals surface area contributed by atoms with E-state index < -0.39 is 0 Å². The van der Waals surface area contributed by atoms with Crippen molar-refractivity contribution in [2.24, 2.45) is 0 Å². The van der Waals surface area contributed by atoms with Crippen molar-refractivity contribution < 1.29 is 4.79 Å². The van der Waals surface area contributed by atoms with Gasteiger partial charge in [0.2, 0.25) is 5.91 Å². The molecule has 21 heavy (non-hydrogen) atoms. The molecule has 2 N–H and O–H groups in total. The van der Waals surface area contributed by atoms with Crippen LogP contribution >= 0.6 is 43.5 Å². The number of hydrogen-bond donors (Lipinski definition) is 2. The average Bonchev–Trinajstić information content (AvgIpc) is 2.42. The molecular weight excluding hydrogens is 419 g/mol. The first kappa shape index (κ1) is 16.3. The Balaban J connectivity index is 1.97. The Kier molecular flexibility index (Phi) is 5.67. The van der Waals surface area contributed by atoms with E-state index in [1.54, 1.807) is 12.1 Å². The SMILES string of the molecule is Cc1ccc(Cl)cc1NC(=O)CNc1ccc(Br)cc1Br. The van der Waals surface area contributed by atoms with Crippen LogP contribution in [-0.4, -0.2) is 12.5 Å². The van der Waals surface area contributed by atoms with Crippen LogP contribution in [0.5, 0.6) is 0 Å². The van der Waals surface area contributed by atoms with Gasteiger partial charge in [0.15, 0.2) is 0 Å². The molecule has 0 atom stereocenters. The number of halogens is 3. The Hall–Kier alpha value is -1.04. The fourth-order valence-corrected chi connectivity index (χ4v) is 3.09. The molecule has 6 heteroatoms. The summed E-state index contributed by atoms with van der Waals surface area (Å²) in [5.41, 5.74) is 2.55. The highest BCUT2D eigenvalue weighted by Crippen LogP contribution is 2.26. The van der Waals surface area contributed by atoms with Crippen molar-refractivity contribution in [3.63, 3.8) is 0 Å². The summed E-state index contributed by atoms with van der Waals surface area (Å²) in [6.45, 7) is 2.09. The van der Waals surface area contributed by atoms with E-state index >= 15 is 0 Å². The predicted octanol–water partition coefficient (Wildman–Crippen LogP) is 5.22. The zero-order valence-electron chi connectivity index (χ0n) is 11.2. The third-order valence-electron chi connectivity index (χ3n) is 2.84. The lowest BCUT2D eigenvalue weighted by Gasteiger charge is -2.11. The van der Waals surface area contributed by atoms with Crippen molar-refractivity contribution in [1.82, 2.24) is 0 Å². The number of amides is 1. The minimum Gasteiger partial charge on any atom is -0.375 e. The molecule has 0 unspecified atom stereocenters. The van der Waals surface area contributed by atoms with Crippen LogP contribution in [0.1, 0.15) is 5.56 Å². The molecule has 0 aliphatic heterocycles. The van der Waals surface area contributed by atoms with Gasteiger partial charge in [0.25, 0.3) is 0 Å². The fourth-order valence-electron chi connectivity index (χ4n) is 1.73. The fraction of sp³-hybridized carbons (Fsp3) is 0.133. The van der Waals surface area contributed by atoms with Crippen LogP contribution in [0.25, 0.3) is 0 Å². The minimum absolute atomic E-state index is 0.129. The molecule has 0 aromatic heterocycles. The Morgan fingerprint density at radius 3 is 2.62 bits per heavy atom. The second-order valence-electron chi connectivity index (χ2n) is 4.49. The van der Waals surface area contributed by atoms with Gasteiger partial charge in [0.1, 0.15) is 0 Å². The summed E-state index contributed by atoms with van der Waals surface area (Å²) < 4.78 is 1.86. The maximum Gasteiger partial charge on any atom is 0.243 e. The molecular formula is C15H13Br2ClN2O. The summed E-state index contributed by atoms with van der Waals surface area (Å²) in [5, 5.41) is 6.52. The Labute approximate surface area is 145 Å². The molecule has 0 fully saturated rings. The number of carbonyl (C=O) groups excluding carboxylic acids is 1. The van der Waals surface area contributed by atoms with Gasteiger partial charge in [0, 0.05) is 25.3 Å². The van der Waals surface area contributed by atoms with Gasteiger partial charge in [0.05, 0.1) is 6.54 Å². The van der Waals surface area contributed by atoms with Gasteiger partial charge in [-0.2, -0.15) is 0 Å². The third-order valence-corrected chi connectivity index (χ3v) is 4.23. The Bertz CT molecular complexity index is 677. The highest BCUT2D eigenvalue weighted by molar-refractivity contribution is 9.11. The van der Waals surface area contributed by atoms with Crippen LogP contribution in [-0.2, 0) is 4.79 Å². The standard InChI is InChI=1S/C15H13Br2ClN2O/c1-9-2-4-11(18)7-14(9)20-15(21)8-19-13-5-3-10(16)6-12(13)17/h2-7,19H,8H2,1H3,(H,20,21). The van der Waals surface area contributed by atoms with Gasteiger partial charge in [-0.15, -0.1) is 0 Å². The van der Waals surface area contributed by atoms with Crippen molar-refractivity contribution >= 4 is 60.7 Å². The van der Waals surface area contributed by atoms with Crippen LogP contribution in [0.4, 0.5) is 11.4 Å². The first-order valence-electron chi connectivity index (χ1n) is 6.20. The number of rotatable bonds is 4. The molecule has 0 aliphatic carbocycles. The van der Waals surface area contributed by atoms with E-state index in [2.05, 4.69) is 42.5 Å². The molecule has 3 nitrogen and oxygen atoms in total. The highest BCUT2D eigenvalue weighted by Gasteiger charge is 2.07. The van der Waals surface area contributed by atoms with E-state index in [0.29, 0.717) is 5.02 Å². The average molecular weight is 433 g/mol. The molecule has 0 bridgehead atoms. The van der Waals surface area contributed by atoms with E-state index in [-0.39, 0.29) is 12.5 Å². The highest BCUT2D eigenvalue weighted by atomic mass is 79.9. The van der Waals surface area contributed by atoms with E-state index in [9.17, 15) is 4.79 Å². The van der Waals surface area contributed by atoms with Crippen molar-refractivity contribution in [3.05, 3.63) is 55.9 Å². The zero-order chi connectivity index (χ0) is 15.4. The van der Waals surface area contributed by atoms with Gasteiger partial charge in [-0.05, 0) is 58.7 Å². The number of nitrogens with one attached hydrogen (secondary N) is 2.